The summed E-state index contributed by atoms with van der Waals surface area (Å²) < 4.78 is 9.89. The highest BCUT2D eigenvalue weighted by Gasteiger charge is 2.30. The molecular weight excluding hydrogens is 386 g/mol. The second-order valence-electron chi connectivity index (χ2n) is 7.46. The van der Waals surface area contributed by atoms with Crippen LogP contribution < -0.4 is 16.2 Å². The fraction of sp³-hybridized carbons (Fsp3) is 0.318. The van der Waals surface area contributed by atoms with Crippen LogP contribution in [0, 0.1) is 0 Å². The zero-order valence-electron chi connectivity index (χ0n) is 17.2. The van der Waals surface area contributed by atoms with Gasteiger partial charge in [0.1, 0.15) is 18.7 Å². The molecule has 0 saturated carbocycles. The van der Waals surface area contributed by atoms with Gasteiger partial charge in [-0.1, -0.05) is 48.5 Å². The van der Waals surface area contributed by atoms with Gasteiger partial charge < -0.3 is 14.8 Å². The molecule has 0 aromatic heterocycles. The minimum absolute atomic E-state index is 0.0560. The highest BCUT2D eigenvalue weighted by atomic mass is 16.6. The molecular formula is C22H25N3O5. The number of fused-ring (bicyclic) bond motifs is 3. The summed E-state index contributed by atoms with van der Waals surface area (Å²) in [5, 5.41) is 2.43. The average molecular weight is 411 g/mol. The highest BCUT2D eigenvalue weighted by Crippen LogP contribution is 2.44. The van der Waals surface area contributed by atoms with Crippen LogP contribution in [0.4, 0.5) is 4.79 Å². The van der Waals surface area contributed by atoms with E-state index in [2.05, 4.69) is 33.0 Å². The van der Waals surface area contributed by atoms with E-state index in [1.807, 2.05) is 36.4 Å². The van der Waals surface area contributed by atoms with Crippen LogP contribution in [0.2, 0.25) is 0 Å². The predicted molar refractivity (Wildman–Crippen MR) is 110 cm³/mol. The normalized spacial score (nSPS) is 12.5. The maximum atomic E-state index is 12.2. The van der Waals surface area contributed by atoms with Crippen LogP contribution in [0.3, 0.4) is 0 Å². The lowest BCUT2D eigenvalue weighted by Gasteiger charge is -2.25. The number of ether oxygens (including phenoxy) is 2. The van der Waals surface area contributed by atoms with E-state index < -0.39 is 23.5 Å². The third-order valence-electron chi connectivity index (χ3n) is 5.01. The molecule has 158 valence electrons. The van der Waals surface area contributed by atoms with Crippen molar-refractivity contribution in [3.63, 3.8) is 0 Å². The molecule has 0 aliphatic heterocycles. The SMILES string of the molecule is COC(=O)CNC(=O)C(C)(C)NNC(=O)OCC1c2ccccc2-c2ccccc21. The molecule has 8 heteroatoms. The Bertz CT molecular complexity index is 912. The van der Waals surface area contributed by atoms with Gasteiger partial charge in [0.2, 0.25) is 5.91 Å². The van der Waals surface area contributed by atoms with Crippen molar-refractivity contribution >= 4 is 18.0 Å². The number of carbonyl (C=O) groups excluding carboxylic acids is 3. The summed E-state index contributed by atoms with van der Waals surface area (Å²) in [5.74, 6) is -1.10. The lowest BCUT2D eigenvalue weighted by Crippen LogP contribution is -2.59. The van der Waals surface area contributed by atoms with E-state index in [4.69, 9.17) is 4.74 Å². The van der Waals surface area contributed by atoms with Crippen molar-refractivity contribution in [1.29, 1.82) is 0 Å². The summed E-state index contributed by atoms with van der Waals surface area (Å²) in [7, 11) is 1.23. The largest absolute Gasteiger partial charge is 0.468 e. The van der Waals surface area contributed by atoms with Gasteiger partial charge in [0, 0.05) is 5.92 Å². The quantitative estimate of drug-likeness (QED) is 0.476. The number of esters is 1. The van der Waals surface area contributed by atoms with E-state index >= 15 is 0 Å². The first-order valence-corrected chi connectivity index (χ1v) is 9.56. The summed E-state index contributed by atoms with van der Waals surface area (Å²) in [6.45, 7) is 3.02. The Morgan fingerprint density at radius 1 is 0.967 bits per heavy atom. The summed E-state index contributed by atoms with van der Waals surface area (Å²) >= 11 is 0. The number of methoxy groups -OCH3 is 1. The monoisotopic (exact) mass is 411 g/mol. The Kier molecular flexibility index (Phi) is 6.37. The first-order valence-electron chi connectivity index (χ1n) is 9.56. The Morgan fingerprint density at radius 3 is 2.10 bits per heavy atom. The van der Waals surface area contributed by atoms with Gasteiger partial charge >= 0.3 is 12.1 Å². The molecule has 8 nitrogen and oxygen atoms in total. The summed E-state index contributed by atoms with van der Waals surface area (Å²) in [6, 6.07) is 16.1. The second-order valence-corrected chi connectivity index (χ2v) is 7.46. The molecule has 0 unspecified atom stereocenters. The highest BCUT2D eigenvalue weighted by molar-refractivity contribution is 5.88. The molecule has 0 fully saturated rings. The third kappa shape index (κ3) is 4.60. The number of benzene rings is 2. The summed E-state index contributed by atoms with van der Waals surface area (Å²) in [6.07, 6.45) is -0.703. The Labute approximate surface area is 174 Å². The van der Waals surface area contributed by atoms with Gasteiger partial charge in [-0.05, 0) is 36.1 Å². The summed E-state index contributed by atoms with van der Waals surface area (Å²) in [4.78, 5) is 35.5. The van der Waals surface area contributed by atoms with Crippen molar-refractivity contribution in [2.45, 2.75) is 25.3 Å². The minimum atomic E-state index is -1.17. The molecule has 0 bridgehead atoms. The van der Waals surface area contributed by atoms with E-state index in [1.165, 1.54) is 7.11 Å². The van der Waals surface area contributed by atoms with Crippen molar-refractivity contribution in [3.8, 4) is 11.1 Å². The van der Waals surface area contributed by atoms with E-state index in [-0.39, 0.29) is 19.1 Å². The van der Waals surface area contributed by atoms with Gasteiger partial charge in [0.15, 0.2) is 0 Å². The average Bonchev–Trinajstić information content (AvgIpc) is 3.08. The van der Waals surface area contributed by atoms with Crippen LogP contribution in [0.15, 0.2) is 48.5 Å². The zero-order chi connectivity index (χ0) is 21.7. The minimum Gasteiger partial charge on any atom is -0.468 e. The smallest absolute Gasteiger partial charge is 0.421 e. The van der Waals surface area contributed by atoms with Crippen molar-refractivity contribution in [1.82, 2.24) is 16.2 Å². The van der Waals surface area contributed by atoms with E-state index in [0.717, 1.165) is 22.3 Å². The lowest BCUT2D eigenvalue weighted by atomic mass is 9.98. The molecule has 0 heterocycles. The molecule has 3 rings (SSSR count). The lowest BCUT2D eigenvalue weighted by molar-refractivity contribution is -0.141. The molecule has 0 saturated heterocycles. The molecule has 1 aliphatic carbocycles. The van der Waals surface area contributed by atoms with Crippen LogP contribution in [0.5, 0.6) is 0 Å². The van der Waals surface area contributed by atoms with Gasteiger partial charge in [-0.15, -0.1) is 0 Å². The molecule has 30 heavy (non-hydrogen) atoms. The number of carbonyl (C=O) groups is 3. The van der Waals surface area contributed by atoms with Crippen molar-refractivity contribution in [2.24, 2.45) is 0 Å². The van der Waals surface area contributed by atoms with Crippen LogP contribution in [0.1, 0.15) is 30.9 Å². The number of hydrogen-bond donors (Lipinski definition) is 3. The van der Waals surface area contributed by atoms with Gasteiger partial charge in [-0.25, -0.2) is 10.2 Å². The molecule has 2 aromatic carbocycles. The summed E-state index contributed by atoms with van der Waals surface area (Å²) in [5.41, 5.74) is 8.36. The molecule has 1 aliphatic rings. The molecule has 2 aromatic rings. The standard InChI is InChI=1S/C22H25N3O5/c1-22(2,20(27)23-12-19(26)29-3)25-24-21(28)30-13-18-16-10-6-4-8-14(16)15-9-5-7-11-17(15)18/h4-11,18,25H,12-13H2,1-3H3,(H,23,27)(H,24,28). The number of nitrogens with one attached hydrogen (secondary N) is 3. The Hall–Kier alpha value is -3.39. The molecule has 2 amide bonds. The second kappa shape index (κ2) is 8.96. The van der Waals surface area contributed by atoms with Crippen molar-refractivity contribution in [3.05, 3.63) is 59.7 Å². The Morgan fingerprint density at radius 2 is 1.53 bits per heavy atom. The first kappa shape index (κ1) is 21.3. The number of rotatable bonds is 7. The molecule has 0 radical (unpaired) electrons. The first-order chi connectivity index (χ1) is 14.3. The van der Waals surface area contributed by atoms with E-state index in [1.54, 1.807) is 13.8 Å². The van der Waals surface area contributed by atoms with Gasteiger partial charge in [-0.3, -0.25) is 15.0 Å². The fourth-order valence-corrected chi connectivity index (χ4v) is 3.34. The number of hydrazine groups is 1. The maximum Gasteiger partial charge on any atom is 0.421 e. The van der Waals surface area contributed by atoms with Crippen LogP contribution in [-0.2, 0) is 19.1 Å². The van der Waals surface area contributed by atoms with Gasteiger partial charge in [-0.2, -0.15) is 0 Å². The molecule has 3 N–H and O–H groups in total. The van der Waals surface area contributed by atoms with E-state index in [9.17, 15) is 14.4 Å². The van der Waals surface area contributed by atoms with Gasteiger partial charge in [0.05, 0.1) is 7.11 Å². The van der Waals surface area contributed by atoms with Gasteiger partial charge in [0.25, 0.3) is 0 Å². The maximum absolute atomic E-state index is 12.2. The van der Waals surface area contributed by atoms with Crippen LogP contribution >= 0.6 is 0 Å². The number of hydrogen-bond acceptors (Lipinski definition) is 6. The third-order valence-corrected chi connectivity index (χ3v) is 5.01. The fourth-order valence-electron chi connectivity index (χ4n) is 3.34. The van der Waals surface area contributed by atoms with Crippen LogP contribution in [-0.4, -0.2) is 43.8 Å². The predicted octanol–water partition coefficient (Wildman–Crippen LogP) is 2.10. The van der Waals surface area contributed by atoms with Crippen LogP contribution in [0.25, 0.3) is 11.1 Å². The van der Waals surface area contributed by atoms with Crippen molar-refractivity contribution < 1.29 is 23.9 Å². The van der Waals surface area contributed by atoms with Crippen molar-refractivity contribution in [2.75, 3.05) is 20.3 Å². The zero-order valence-corrected chi connectivity index (χ0v) is 17.2. The molecule has 0 atom stereocenters. The topological polar surface area (TPSA) is 106 Å². The number of amides is 2. The van der Waals surface area contributed by atoms with E-state index in [0.29, 0.717) is 0 Å². The Balaban J connectivity index is 1.55. The molecule has 0 spiro atoms.